The minimum absolute atomic E-state index is 0.0240. The first-order valence-corrected chi connectivity index (χ1v) is 13.9. The van der Waals surface area contributed by atoms with Gasteiger partial charge in [0.25, 0.3) is 0 Å². The Hall–Kier alpha value is -3.97. The zero-order valence-corrected chi connectivity index (χ0v) is 22.9. The summed E-state index contributed by atoms with van der Waals surface area (Å²) in [4.78, 5) is 41.6. The van der Waals surface area contributed by atoms with Crippen molar-refractivity contribution in [3.8, 4) is 0 Å². The number of hydrogen-bond acceptors (Lipinski definition) is 6. The third-order valence-corrected chi connectivity index (χ3v) is 7.45. The number of nitrogens with zero attached hydrogens (tertiary/aromatic N) is 1. The Morgan fingerprint density at radius 1 is 0.925 bits per heavy atom. The smallest absolute Gasteiger partial charge is 0.416 e. The Bertz CT molecular complexity index is 1250. The van der Waals surface area contributed by atoms with Crippen LogP contribution < -0.4 is 0 Å². The molecule has 1 saturated heterocycles. The lowest BCUT2D eigenvalue weighted by molar-refractivity contribution is -0.178. The second-order valence-electron chi connectivity index (χ2n) is 10.2. The number of carbonyl (C=O) groups is 3. The van der Waals surface area contributed by atoms with Crippen molar-refractivity contribution in [1.29, 1.82) is 0 Å². The predicted molar refractivity (Wildman–Crippen MR) is 151 cm³/mol. The topological polar surface area (TPSA) is 93.1 Å². The molecule has 3 aromatic carbocycles. The second-order valence-corrected chi connectivity index (χ2v) is 10.2. The summed E-state index contributed by atoms with van der Waals surface area (Å²) < 4.78 is 10.6. The van der Waals surface area contributed by atoms with Gasteiger partial charge in [-0.25, -0.2) is 14.5 Å². The monoisotopic (exact) mass is 543 g/mol. The van der Waals surface area contributed by atoms with Gasteiger partial charge in [-0.1, -0.05) is 91.0 Å². The van der Waals surface area contributed by atoms with Gasteiger partial charge in [0.2, 0.25) is 5.91 Å². The lowest BCUT2D eigenvalue weighted by atomic mass is 9.78. The van der Waals surface area contributed by atoms with Crippen LogP contribution in [0.1, 0.15) is 42.9 Å². The van der Waals surface area contributed by atoms with Crippen LogP contribution in [0.2, 0.25) is 0 Å². The highest BCUT2D eigenvalue weighted by molar-refractivity contribution is 5.98. The fourth-order valence-corrected chi connectivity index (χ4v) is 5.31. The zero-order valence-electron chi connectivity index (χ0n) is 22.9. The first kappa shape index (κ1) is 29.0. The van der Waals surface area contributed by atoms with Crippen molar-refractivity contribution >= 4 is 18.0 Å². The van der Waals surface area contributed by atoms with E-state index in [1.54, 1.807) is 6.92 Å². The Kier molecular flexibility index (Phi) is 10.1. The van der Waals surface area contributed by atoms with Crippen LogP contribution in [0.5, 0.6) is 0 Å². The molecule has 3 atom stereocenters. The molecule has 4 rings (SSSR count). The minimum atomic E-state index is -2.13. The van der Waals surface area contributed by atoms with Gasteiger partial charge in [-0.2, -0.15) is 0 Å². The van der Waals surface area contributed by atoms with E-state index in [-0.39, 0.29) is 26.1 Å². The highest BCUT2D eigenvalue weighted by Gasteiger charge is 2.52. The summed E-state index contributed by atoms with van der Waals surface area (Å²) in [6.45, 7) is 1.77. The number of imide groups is 1. The fourth-order valence-electron chi connectivity index (χ4n) is 5.31. The van der Waals surface area contributed by atoms with Crippen LogP contribution in [0.25, 0.3) is 0 Å². The number of carbonyl (C=O) groups excluding carboxylic acids is 3. The average Bonchev–Trinajstić information content (AvgIpc) is 3.35. The van der Waals surface area contributed by atoms with Crippen LogP contribution in [0.4, 0.5) is 4.79 Å². The maximum absolute atomic E-state index is 14.2. The molecule has 3 aromatic rings. The van der Waals surface area contributed by atoms with Crippen molar-refractivity contribution in [2.45, 2.75) is 57.1 Å². The van der Waals surface area contributed by atoms with Crippen molar-refractivity contribution in [3.05, 3.63) is 108 Å². The van der Waals surface area contributed by atoms with E-state index in [4.69, 9.17) is 9.47 Å². The van der Waals surface area contributed by atoms with E-state index in [2.05, 4.69) is 0 Å². The Morgan fingerprint density at radius 2 is 1.48 bits per heavy atom. The van der Waals surface area contributed by atoms with Crippen LogP contribution in [-0.4, -0.2) is 52.8 Å². The summed E-state index contributed by atoms with van der Waals surface area (Å²) in [5.41, 5.74) is 0.831. The molecule has 1 N–H and O–H groups in total. The third-order valence-electron chi connectivity index (χ3n) is 7.45. The van der Waals surface area contributed by atoms with E-state index in [1.165, 1.54) is 0 Å². The average molecular weight is 544 g/mol. The largest absolute Gasteiger partial charge is 0.464 e. The molecule has 1 heterocycles. The van der Waals surface area contributed by atoms with Gasteiger partial charge >= 0.3 is 12.1 Å². The van der Waals surface area contributed by atoms with Crippen LogP contribution in [0, 0.1) is 5.92 Å². The number of cyclic esters (lactones) is 1. The molecular formula is C33H37NO6. The Balaban J connectivity index is 1.64. The summed E-state index contributed by atoms with van der Waals surface area (Å²) in [5, 5.41) is 12.0. The number of ether oxygens (including phenoxy) is 2. The highest BCUT2D eigenvalue weighted by atomic mass is 16.6. The fraction of sp³-hybridized carbons (Fsp3) is 0.364. The molecular weight excluding hydrogens is 506 g/mol. The summed E-state index contributed by atoms with van der Waals surface area (Å²) in [5.74, 6) is -2.65. The van der Waals surface area contributed by atoms with Crippen LogP contribution >= 0.6 is 0 Å². The van der Waals surface area contributed by atoms with Crippen molar-refractivity contribution < 1.29 is 29.0 Å². The first-order chi connectivity index (χ1) is 19.4. The number of aliphatic hydroxyl groups is 1. The summed E-state index contributed by atoms with van der Waals surface area (Å²) >= 11 is 0. The number of benzene rings is 3. The molecule has 0 radical (unpaired) electrons. The number of esters is 1. The van der Waals surface area contributed by atoms with Gasteiger partial charge in [0.05, 0.1) is 18.6 Å². The highest BCUT2D eigenvalue weighted by Crippen LogP contribution is 2.34. The van der Waals surface area contributed by atoms with E-state index >= 15 is 0 Å². The SMILES string of the molecule is CCOC(=O)[C@](O)(CCc1ccccc1)[C@@H](CCCc1ccccc1)C(=O)N1C(=O)OC[C@@H]1Cc1ccccc1. The molecule has 1 aliphatic rings. The number of hydrogen-bond donors (Lipinski definition) is 1. The van der Waals surface area contributed by atoms with Gasteiger partial charge in [-0.05, 0) is 62.1 Å². The van der Waals surface area contributed by atoms with Crippen LogP contribution in [0.3, 0.4) is 0 Å². The van der Waals surface area contributed by atoms with E-state index in [0.29, 0.717) is 25.7 Å². The lowest BCUT2D eigenvalue weighted by Crippen LogP contribution is -2.56. The van der Waals surface area contributed by atoms with Crippen molar-refractivity contribution in [1.82, 2.24) is 4.90 Å². The normalized spacial score (nSPS) is 17.1. The quantitative estimate of drug-likeness (QED) is 0.300. The molecule has 7 nitrogen and oxygen atoms in total. The Morgan fingerprint density at radius 3 is 2.05 bits per heavy atom. The Labute approximate surface area is 235 Å². The van der Waals surface area contributed by atoms with Crippen LogP contribution in [-0.2, 0) is 38.3 Å². The van der Waals surface area contributed by atoms with Gasteiger partial charge < -0.3 is 14.6 Å². The molecule has 0 unspecified atom stereocenters. The van der Waals surface area contributed by atoms with Crippen LogP contribution in [0.15, 0.2) is 91.0 Å². The van der Waals surface area contributed by atoms with Crippen molar-refractivity contribution in [2.24, 2.45) is 5.92 Å². The predicted octanol–water partition coefficient (Wildman–Crippen LogP) is 5.14. The zero-order chi connectivity index (χ0) is 28.4. The molecule has 0 bridgehead atoms. The molecule has 40 heavy (non-hydrogen) atoms. The first-order valence-electron chi connectivity index (χ1n) is 13.9. The summed E-state index contributed by atoms with van der Waals surface area (Å²) in [7, 11) is 0. The summed E-state index contributed by atoms with van der Waals surface area (Å²) in [6.07, 6.45) is 1.37. The van der Waals surface area contributed by atoms with Gasteiger partial charge in [-0.3, -0.25) is 4.79 Å². The van der Waals surface area contributed by atoms with E-state index in [0.717, 1.165) is 21.6 Å². The van der Waals surface area contributed by atoms with E-state index in [9.17, 15) is 19.5 Å². The lowest BCUT2D eigenvalue weighted by Gasteiger charge is -2.35. The minimum Gasteiger partial charge on any atom is -0.464 e. The molecule has 0 saturated carbocycles. The third kappa shape index (κ3) is 7.16. The number of amides is 2. The molecule has 7 heteroatoms. The molecule has 0 aliphatic carbocycles. The molecule has 2 amide bonds. The van der Waals surface area contributed by atoms with Gasteiger partial charge in [0.15, 0.2) is 5.60 Å². The van der Waals surface area contributed by atoms with Crippen molar-refractivity contribution in [2.75, 3.05) is 13.2 Å². The van der Waals surface area contributed by atoms with Gasteiger partial charge in [0.1, 0.15) is 6.61 Å². The molecule has 0 spiro atoms. The van der Waals surface area contributed by atoms with Gasteiger partial charge in [-0.15, -0.1) is 0 Å². The number of rotatable bonds is 13. The van der Waals surface area contributed by atoms with Gasteiger partial charge in [0, 0.05) is 0 Å². The maximum Gasteiger partial charge on any atom is 0.416 e. The molecule has 210 valence electrons. The molecule has 1 fully saturated rings. The van der Waals surface area contributed by atoms with Crippen molar-refractivity contribution in [3.63, 3.8) is 0 Å². The molecule has 0 aromatic heterocycles. The van der Waals surface area contributed by atoms with E-state index < -0.39 is 35.5 Å². The second kappa shape index (κ2) is 13.9. The summed E-state index contributed by atoms with van der Waals surface area (Å²) in [6, 6.07) is 28.3. The standard InChI is InChI=1S/C33H37NO6/c1-2-39-31(36)33(38,22-21-26-15-8-4-9-16-26)29(20-12-19-25-13-6-3-7-14-25)30(35)34-28(24-40-32(34)37)23-27-17-10-5-11-18-27/h3-11,13-18,28-29,38H,2,12,19-24H2,1H3/t28-,29-,33-/m0/s1. The number of aryl methyl sites for hydroxylation is 2. The van der Waals surface area contributed by atoms with E-state index in [1.807, 2.05) is 91.0 Å². The molecule has 1 aliphatic heterocycles. The maximum atomic E-state index is 14.2.